The van der Waals surface area contributed by atoms with Gasteiger partial charge in [-0.2, -0.15) is 0 Å². The van der Waals surface area contributed by atoms with Crippen molar-refractivity contribution in [3.05, 3.63) is 0 Å². The SMILES string of the molecule is CC[C@@H]1CCC[C@H]1OC. The zero-order valence-electron chi connectivity index (χ0n) is 6.39. The first-order valence-corrected chi connectivity index (χ1v) is 3.91. The Morgan fingerprint density at radius 3 is 2.67 bits per heavy atom. The first kappa shape index (κ1) is 7.07. The van der Waals surface area contributed by atoms with Crippen LogP contribution in [0.1, 0.15) is 32.6 Å². The van der Waals surface area contributed by atoms with Crippen LogP contribution in [-0.2, 0) is 4.74 Å². The smallest absolute Gasteiger partial charge is 0.0599 e. The van der Waals surface area contributed by atoms with Crippen LogP contribution in [0.3, 0.4) is 0 Å². The van der Waals surface area contributed by atoms with E-state index in [4.69, 9.17) is 4.74 Å². The predicted molar refractivity (Wildman–Crippen MR) is 38.4 cm³/mol. The molecule has 0 unspecified atom stereocenters. The minimum absolute atomic E-state index is 0.579. The maximum atomic E-state index is 5.31. The molecule has 1 rings (SSSR count). The maximum absolute atomic E-state index is 5.31. The standard InChI is InChI=1S/C8H16O/c1-3-7-5-4-6-8(7)9-2/h7-8H,3-6H2,1-2H3/t7-,8-/m1/s1. The van der Waals surface area contributed by atoms with Crippen LogP contribution < -0.4 is 0 Å². The summed E-state index contributed by atoms with van der Waals surface area (Å²) in [5, 5.41) is 0. The van der Waals surface area contributed by atoms with E-state index < -0.39 is 0 Å². The molecule has 1 heteroatoms. The van der Waals surface area contributed by atoms with Crippen molar-refractivity contribution in [3.63, 3.8) is 0 Å². The molecule has 0 aromatic rings. The van der Waals surface area contributed by atoms with Crippen LogP contribution >= 0.6 is 0 Å². The van der Waals surface area contributed by atoms with Gasteiger partial charge in [0.1, 0.15) is 0 Å². The van der Waals surface area contributed by atoms with E-state index >= 15 is 0 Å². The zero-order chi connectivity index (χ0) is 6.69. The molecule has 0 aromatic heterocycles. The minimum Gasteiger partial charge on any atom is -0.381 e. The van der Waals surface area contributed by atoms with Gasteiger partial charge >= 0.3 is 0 Å². The lowest BCUT2D eigenvalue weighted by Crippen LogP contribution is -2.14. The second-order valence-corrected chi connectivity index (χ2v) is 2.87. The number of hydrogen-bond acceptors (Lipinski definition) is 1. The van der Waals surface area contributed by atoms with Crippen LogP contribution in [0.5, 0.6) is 0 Å². The molecule has 0 bridgehead atoms. The Morgan fingerprint density at radius 2 is 2.22 bits per heavy atom. The first-order valence-electron chi connectivity index (χ1n) is 3.91. The lowest BCUT2D eigenvalue weighted by Gasteiger charge is -2.14. The summed E-state index contributed by atoms with van der Waals surface area (Å²) in [7, 11) is 1.83. The van der Waals surface area contributed by atoms with Gasteiger partial charge in [-0.25, -0.2) is 0 Å². The Morgan fingerprint density at radius 1 is 1.44 bits per heavy atom. The Balaban J connectivity index is 2.32. The van der Waals surface area contributed by atoms with Gasteiger partial charge in [-0.1, -0.05) is 19.8 Å². The largest absolute Gasteiger partial charge is 0.381 e. The van der Waals surface area contributed by atoms with Gasteiger partial charge in [0.25, 0.3) is 0 Å². The monoisotopic (exact) mass is 128 g/mol. The molecule has 9 heavy (non-hydrogen) atoms. The van der Waals surface area contributed by atoms with Gasteiger partial charge in [0.15, 0.2) is 0 Å². The molecule has 54 valence electrons. The summed E-state index contributed by atoms with van der Waals surface area (Å²) in [6.07, 6.45) is 5.91. The lowest BCUT2D eigenvalue weighted by molar-refractivity contribution is 0.0699. The van der Waals surface area contributed by atoms with Gasteiger partial charge in [-0.15, -0.1) is 0 Å². The zero-order valence-corrected chi connectivity index (χ0v) is 6.39. The van der Waals surface area contributed by atoms with Gasteiger partial charge in [-0.05, 0) is 18.8 Å². The third-order valence-electron chi connectivity index (χ3n) is 2.42. The molecule has 1 fully saturated rings. The second-order valence-electron chi connectivity index (χ2n) is 2.87. The average molecular weight is 128 g/mol. The topological polar surface area (TPSA) is 9.23 Å². The molecule has 0 amide bonds. The van der Waals surface area contributed by atoms with Crippen molar-refractivity contribution in [1.82, 2.24) is 0 Å². The Labute approximate surface area is 57.4 Å². The summed E-state index contributed by atoms with van der Waals surface area (Å²) < 4.78 is 5.31. The van der Waals surface area contributed by atoms with E-state index in [-0.39, 0.29) is 0 Å². The van der Waals surface area contributed by atoms with Crippen LogP contribution in [0, 0.1) is 5.92 Å². The molecule has 0 heterocycles. The van der Waals surface area contributed by atoms with E-state index in [0.29, 0.717) is 6.10 Å². The molecular weight excluding hydrogens is 112 g/mol. The average Bonchev–Trinajstić information content (AvgIpc) is 2.33. The van der Waals surface area contributed by atoms with Gasteiger partial charge in [0, 0.05) is 7.11 Å². The van der Waals surface area contributed by atoms with Crippen LogP contribution in [-0.4, -0.2) is 13.2 Å². The summed E-state index contributed by atoms with van der Waals surface area (Å²) >= 11 is 0. The van der Waals surface area contributed by atoms with E-state index in [9.17, 15) is 0 Å². The number of ether oxygens (including phenoxy) is 1. The number of methoxy groups -OCH3 is 1. The molecule has 1 aliphatic rings. The van der Waals surface area contributed by atoms with E-state index in [0.717, 1.165) is 5.92 Å². The molecule has 1 saturated carbocycles. The predicted octanol–water partition coefficient (Wildman–Crippen LogP) is 2.21. The summed E-state index contributed by atoms with van der Waals surface area (Å²) in [6, 6.07) is 0. The third kappa shape index (κ3) is 1.45. The highest BCUT2D eigenvalue weighted by Crippen LogP contribution is 2.29. The summed E-state index contributed by atoms with van der Waals surface area (Å²) in [4.78, 5) is 0. The number of rotatable bonds is 2. The van der Waals surface area contributed by atoms with Crippen LogP contribution in [0.25, 0.3) is 0 Å². The van der Waals surface area contributed by atoms with E-state index in [1.165, 1.54) is 25.7 Å². The van der Waals surface area contributed by atoms with Crippen LogP contribution in [0.4, 0.5) is 0 Å². The molecule has 1 aliphatic carbocycles. The van der Waals surface area contributed by atoms with Crippen LogP contribution in [0.15, 0.2) is 0 Å². The van der Waals surface area contributed by atoms with Crippen molar-refractivity contribution in [1.29, 1.82) is 0 Å². The second kappa shape index (κ2) is 3.21. The molecule has 0 aromatic carbocycles. The van der Waals surface area contributed by atoms with Crippen LogP contribution in [0.2, 0.25) is 0 Å². The number of hydrogen-bond donors (Lipinski definition) is 0. The molecular formula is C8H16O. The lowest BCUT2D eigenvalue weighted by atomic mass is 10.0. The van der Waals surface area contributed by atoms with E-state index in [1.807, 2.05) is 7.11 Å². The fourth-order valence-electron chi connectivity index (χ4n) is 1.78. The van der Waals surface area contributed by atoms with Gasteiger partial charge in [0.2, 0.25) is 0 Å². The van der Waals surface area contributed by atoms with Crippen molar-refractivity contribution in [2.45, 2.75) is 38.7 Å². The van der Waals surface area contributed by atoms with Gasteiger partial charge < -0.3 is 4.74 Å². The highest BCUT2D eigenvalue weighted by Gasteiger charge is 2.24. The third-order valence-corrected chi connectivity index (χ3v) is 2.42. The molecule has 0 spiro atoms. The van der Waals surface area contributed by atoms with E-state index in [2.05, 4.69) is 6.92 Å². The molecule has 0 saturated heterocycles. The highest BCUT2D eigenvalue weighted by molar-refractivity contribution is 4.76. The Hall–Kier alpha value is -0.0400. The normalized spacial score (nSPS) is 35.3. The quantitative estimate of drug-likeness (QED) is 0.554. The van der Waals surface area contributed by atoms with Crippen molar-refractivity contribution < 1.29 is 4.74 Å². The molecule has 0 N–H and O–H groups in total. The Kier molecular flexibility index (Phi) is 2.52. The Bertz CT molecular complexity index is 70.6. The van der Waals surface area contributed by atoms with Crippen molar-refractivity contribution in [2.75, 3.05) is 7.11 Å². The summed E-state index contributed by atoms with van der Waals surface area (Å²) in [5.41, 5.74) is 0. The summed E-state index contributed by atoms with van der Waals surface area (Å²) in [5.74, 6) is 0.856. The minimum atomic E-state index is 0.579. The fraction of sp³-hybridized carbons (Fsp3) is 1.00. The highest BCUT2D eigenvalue weighted by atomic mass is 16.5. The molecule has 2 atom stereocenters. The fourth-order valence-corrected chi connectivity index (χ4v) is 1.78. The maximum Gasteiger partial charge on any atom is 0.0599 e. The van der Waals surface area contributed by atoms with E-state index in [1.54, 1.807) is 0 Å². The van der Waals surface area contributed by atoms with Crippen molar-refractivity contribution >= 4 is 0 Å². The first-order chi connectivity index (χ1) is 4.38. The van der Waals surface area contributed by atoms with Gasteiger partial charge in [0.05, 0.1) is 6.10 Å². The van der Waals surface area contributed by atoms with Crippen molar-refractivity contribution in [2.24, 2.45) is 5.92 Å². The van der Waals surface area contributed by atoms with Gasteiger partial charge in [-0.3, -0.25) is 0 Å². The summed E-state index contributed by atoms with van der Waals surface area (Å²) in [6.45, 7) is 2.25. The molecule has 1 nitrogen and oxygen atoms in total. The molecule has 0 radical (unpaired) electrons. The molecule has 0 aliphatic heterocycles. The van der Waals surface area contributed by atoms with Crippen molar-refractivity contribution in [3.8, 4) is 0 Å².